The van der Waals surface area contributed by atoms with Crippen molar-refractivity contribution in [2.75, 3.05) is 0 Å². The molecule has 0 unspecified atom stereocenters. The van der Waals surface area contributed by atoms with Crippen LogP contribution in [0.25, 0.3) is 16.8 Å². The molecule has 3 heterocycles. The molecule has 174 valence electrons. The highest BCUT2D eigenvalue weighted by molar-refractivity contribution is 6.85. The lowest BCUT2D eigenvalue weighted by Gasteiger charge is -2.40. The van der Waals surface area contributed by atoms with Crippen molar-refractivity contribution in [3.8, 4) is 11.3 Å². The third kappa shape index (κ3) is 3.55. The Kier molecular flexibility index (Phi) is 5.49. The molecule has 3 heteroatoms. The van der Waals surface area contributed by atoms with Crippen molar-refractivity contribution in [1.29, 1.82) is 0 Å². The van der Waals surface area contributed by atoms with Crippen LogP contribution in [0.4, 0.5) is 0 Å². The van der Waals surface area contributed by atoms with Crippen LogP contribution >= 0.6 is 0 Å². The van der Waals surface area contributed by atoms with E-state index in [-0.39, 0.29) is 6.85 Å². The summed E-state index contributed by atoms with van der Waals surface area (Å²) in [5.74, 6) is 0. The number of allylic oxidation sites excluding steroid dienone is 3. The number of hydrogen-bond donors (Lipinski definition) is 0. The molecule has 0 bridgehead atoms. The Morgan fingerprint density at radius 3 is 2.14 bits per heavy atom. The summed E-state index contributed by atoms with van der Waals surface area (Å²) in [6, 6.07) is 26.3. The van der Waals surface area contributed by atoms with Gasteiger partial charge in [-0.2, -0.15) is 0 Å². The first kappa shape index (κ1) is 22.4. The molecule has 6 rings (SSSR count). The van der Waals surface area contributed by atoms with Crippen molar-refractivity contribution < 1.29 is 0 Å². The van der Waals surface area contributed by atoms with Gasteiger partial charge in [0.2, 0.25) is 0 Å². The van der Waals surface area contributed by atoms with Crippen LogP contribution in [0, 0.1) is 27.7 Å². The molecule has 0 fully saturated rings. The minimum atomic E-state index is 0.100. The first-order valence-electron chi connectivity index (χ1n) is 12.6. The molecule has 36 heavy (non-hydrogen) atoms. The maximum Gasteiger partial charge on any atom is 0.328 e. The van der Waals surface area contributed by atoms with Gasteiger partial charge in [0.1, 0.15) is 0 Å². The highest BCUT2D eigenvalue weighted by atomic mass is 15.1. The van der Waals surface area contributed by atoms with Crippen molar-refractivity contribution in [3.05, 3.63) is 142 Å². The quantitative estimate of drug-likeness (QED) is 0.334. The standard InChI is InChI=1S/C33H29BN2/c1-22-11-9-12-23(2)31(22)32-27-21-26(29-15-5-7-19-35-29)17-18-28(27)34(36-20-8-6-16-30(32)36)33-24(3)13-10-14-25(33)4/h5-21H,1-4H3. The van der Waals surface area contributed by atoms with E-state index in [0.717, 1.165) is 11.3 Å². The van der Waals surface area contributed by atoms with E-state index in [0.29, 0.717) is 0 Å². The van der Waals surface area contributed by atoms with Crippen molar-refractivity contribution in [3.63, 3.8) is 0 Å². The van der Waals surface area contributed by atoms with Crippen LogP contribution in [-0.4, -0.2) is 16.6 Å². The number of benzene rings is 3. The SMILES string of the molecule is Cc1cccc(C)c1B1c2ccc(-c3ccccn3)cc2C(c2c(C)cccc2C)=C2C=CC=CN12. The first-order chi connectivity index (χ1) is 17.5. The Morgan fingerprint density at radius 2 is 1.44 bits per heavy atom. The normalized spacial score (nSPS) is 14.2. The van der Waals surface area contributed by atoms with Crippen molar-refractivity contribution in [1.82, 2.24) is 9.79 Å². The van der Waals surface area contributed by atoms with Gasteiger partial charge in [0.05, 0.1) is 5.69 Å². The molecule has 0 saturated carbocycles. The number of fused-ring (bicyclic) bond motifs is 2. The van der Waals surface area contributed by atoms with Crippen molar-refractivity contribution in [2.45, 2.75) is 27.7 Å². The molecule has 4 aromatic rings. The van der Waals surface area contributed by atoms with Crippen LogP contribution in [-0.2, 0) is 0 Å². The molecule has 0 amide bonds. The van der Waals surface area contributed by atoms with E-state index in [9.17, 15) is 0 Å². The molecular formula is C33H29BN2. The molecular weight excluding hydrogens is 435 g/mol. The van der Waals surface area contributed by atoms with Gasteiger partial charge in [0.15, 0.2) is 0 Å². The largest absolute Gasteiger partial charge is 0.383 e. The summed E-state index contributed by atoms with van der Waals surface area (Å²) in [6.07, 6.45) is 10.7. The molecule has 0 saturated heterocycles. The minimum Gasteiger partial charge on any atom is -0.383 e. The van der Waals surface area contributed by atoms with Crippen LogP contribution in [0.1, 0.15) is 33.4 Å². The van der Waals surface area contributed by atoms with Crippen LogP contribution in [0.15, 0.2) is 109 Å². The Balaban J connectivity index is 1.71. The lowest BCUT2D eigenvalue weighted by molar-refractivity contribution is 0.741. The average molecular weight is 464 g/mol. The van der Waals surface area contributed by atoms with E-state index in [4.69, 9.17) is 0 Å². The van der Waals surface area contributed by atoms with Crippen LogP contribution in [0.2, 0.25) is 0 Å². The summed E-state index contributed by atoms with van der Waals surface area (Å²) in [5, 5.41) is 0. The molecule has 1 aromatic heterocycles. The Bertz CT molecular complexity index is 1540. The highest BCUT2D eigenvalue weighted by Crippen LogP contribution is 2.39. The third-order valence-electron chi connectivity index (χ3n) is 7.55. The zero-order chi connectivity index (χ0) is 24.8. The zero-order valence-corrected chi connectivity index (χ0v) is 21.3. The predicted octanol–water partition coefficient (Wildman–Crippen LogP) is 6.25. The maximum atomic E-state index is 4.67. The topological polar surface area (TPSA) is 16.1 Å². The van der Waals surface area contributed by atoms with Gasteiger partial charge in [-0.3, -0.25) is 4.98 Å². The second kappa shape index (κ2) is 8.84. The molecule has 2 aliphatic heterocycles. The fourth-order valence-electron chi connectivity index (χ4n) is 5.91. The molecule has 0 aliphatic carbocycles. The maximum absolute atomic E-state index is 4.67. The zero-order valence-electron chi connectivity index (χ0n) is 21.3. The van der Waals surface area contributed by atoms with E-state index in [1.54, 1.807) is 0 Å². The van der Waals surface area contributed by atoms with Gasteiger partial charge < -0.3 is 4.81 Å². The summed E-state index contributed by atoms with van der Waals surface area (Å²) in [5.41, 5.74) is 15.2. The molecule has 2 aliphatic rings. The van der Waals surface area contributed by atoms with Crippen LogP contribution in [0.3, 0.4) is 0 Å². The molecule has 0 spiro atoms. The average Bonchev–Trinajstić information content (AvgIpc) is 2.89. The van der Waals surface area contributed by atoms with E-state index in [2.05, 4.69) is 129 Å². The Labute approximate surface area is 214 Å². The number of nitrogens with zero attached hydrogens (tertiary/aromatic N) is 2. The number of aryl methyl sites for hydroxylation is 4. The summed E-state index contributed by atoms with van der Waals surface area (Å²) in [7, 11) is 0. The number of aromatic nitrogens is 1. The molecule has 0 radical (unpaired) electrons. The van der Waals surface area contributed by atoms with E-state index >= 15 is 0 Å². The van der Waals surface area contributed by atoms with Crippen LogP contribution < -0.4 is 10.9 Å². The second-order valence-electron chi connectivity index (χ2n) is 9.86. The summed E-state index contributed by atoms with van der Waals surface area (Å²) in [6.45, 7) is 9.02. The van der Waals surface area contributed by atoms with E-state index in [1.807, 2.05) is 12.3 Å². The summed E-state index contributed by atoms with van der Waals surface area (Å²) >= 11 is 0. The van der Waals surface area contributed by atoms with E-state index in [1.165, 1.54) is 55.6 Å². The molecule has 2 nitrogen and oxygen atoms in total. The summed E-state index contributed by atoms with van der Waals surface area (Å²) in [4.78, 5) is 7.14. The van der Waals surface area contributed by atoms with Gasteiger partial charge >= 0.3 is 6.85 Å². The van der Waals surface area contributed by atoms with Crippen LogP contribution in [0.5, 0.6) is 0 Å². The van der Waals surface area contributed by atoms with Gasteiger partial charge in [-0.05, 0) is 97.4 Å². The van der Waals surface area contributed by atoms with Gasteiger partial charge in [0, 0.05) is 23.0 Å². The first-order valence-corrected chi connectivity index (χ1v) is 12.6. The monoisotopic (exact) mass is 464 g/mol. The third-order valence-corrected chi connectivity index (χ3v) is 7.55. The number of rotatable bonds is 3. The molecule has 0 atom stereocenters. The van der Waals surface area contributed by atoms with Crippen molar-refractivity contribution >= 4 is 23.3 Å². The van der Waals surface area contributed by atoms with Crippen molar-refractivity contribution in [2.24, 2.45) is 0 Å². The minimum absolute atomic E-state index is 0.100. The second-order valence-corrected chi connectivity index (χ2v) is 9.86. The summed E-state index contributed by atoms with van der Waals surface area (Å²) < 4.78 is 0. The van der Waals surface area contributed by atoms with Gasteiger partial charge in [-0.25, -0.2) is 0 Å². The lowest BCUT2D eigenvalue weighted by atomic mass is 9.44. The van der Waals surface area contributed by atoms with Gasteiger partial charge in [-0.1, -0.05) is 71.8 Å². The smallest absolute Gasteiger partial charge is 0.328 e. The van der Waals surface area contributed by atoms with Gasteiger partial charge in [-0.15, -0.1) is 0 Å². The highest BCUT2D eigenvalue weighted by Gasteiger charge is 2.39. The lowest BCUT2D eigenvalue weighted by Crippen LogP contribution is -2.58. The fraction of sp³-hybridized carbons (Fsp3) is 0.121. The predicted molar refractivity (Wildman–Crippen MR) is 153 cm³/mol. The van der Waals surface area contributed by atoms with Gasteiger partial charge in [0.25, 0.3) is 0 Å². The molecule has 3 aromatic carbocycles. The molecule has 0 N–H and O–H groups in total. The fourth-order valence-corrected chi connectivity index (χ4v) is 5.91. The number of pyridine rings is 1. The van der Waals surface area contributed by atoms with E-state index < -0.39 is 0 Å². The Morgan fingerprint density at radius 1 is 0.722 bits per heavy atom. The number of hydrogen-bond acceptors (Lipinski definition) is 2. The Hall–Kier alpha value is -4.11.